The van der Waals surface area contributed by atoms with Gasteiger partial charge in [-0.15, -0.1) is 0 Å². The van der Waals surface area contributed by atoms with Gasteiger partial charge in [-0.2, -0.15) is 0 Å². The van der Waals surface area contributed by atoms with Crippen LogP contribution in [0.1, 0.15) is 47.0 Å². The summed E-state index contributed by atoms with van der Waals surface area (Å²) in [6.07, 6.45) is 0.553. The lowest BCUT2D eigenvalue weighted by Crippen LogP contribution is -2.52. The van der Waals surface area contributed by atoms with Crippen LogP contribution in [-0.2, 0) is 29.3 Å². The summed E-state index contributed by atoms with van der Waals surface area (Å²) in [6, 6.07) is 12.7. The van der Waals surface area contributed by atoms with E-state index in [1.54, 1.807) is 12.1 Å². The second-order valence-corrected chi connectivity index (χ2v) is 8.34. The van der Waals surface area contributed by atoms with Crippen LogP contribution in [-0.4, -0.2) is 35.2 Å². The summed E-state index contributed by atoms with van der Waals surface area (Å²) in [5, 5.41) is 6.65. The summed E-state index contributed by atoms with van der Waals surface area (Å²) in [5.74, 6) is 0.329. The Bertz CT molecular complexity index is 1250. The number of furan rings is 1. The monoisotopic (exact) mass is 447 g/mol. The number of imide groups is 1. The van der Waals surface area contributed by atoms with Gasteiger partial charge < -0.3 is 19.4 Å². The maximum Gasteiger partial charge on any atom is 0.255 e. The highest BCUT2D eigenvalue weighted by Crippen LogP contribution is 2.34. The van der Waals surface area contributed by atoms with Crippen molar-refractivity contribution in [2.75, 3.05) is 6.54 Å². The number of hydrogen-bond acceptors (Lipinski definition) is 6. The first-order chi connectivity index (χ1) is 16.0. The van der Waals surface area contributed by atoms with E-state index in [2.05, 4.69) is 23.6 Å². The topological polar surface area (TPSA) is 101 Å². The number of nitrogens with one attached hydrogen (secondary N) is 2. The minimum absolute atomic E-state index is 0.220. The van der Waals surface area contributed by atoms with Crippen LogP contribution < -0.4 is 15.4 Å². The molecule has 5 rings (SSSR count). The summed E-state index contributed by atoms with van der Waals surface area (Å²) in [6.45, 7) is 4.28. The van der Waals surface area contributed by atoms with Gasteiger partial charge in [0.15, 0.2) is 0 Å². The summed E-state index contributed by atoms with van der Waals surface area (Å²) in [5.41, 5.74) is 3.25. The quantitative estimate of drug-likeness (QED) is 0.540. The van der Waals surface area contributed by atoms with Crippen molar-refractivity contribution in [2.24, 2.45) is 0 Å². The van der Waals surface area contributed by atoms with E-state index in [9.17, 15) is 14.4 Å². The van der Waals surface area contributed by atoms with Crippen molar-refractivity contribution >= 4 is 28.7 Å². The third-order valence-corrected chi connectivity index (χ3v) is 6.12. The molecule has 0 radical (unpaired) electrons. The molecule has 1 aromatic heterocycles. The molecule has 8 heteroatoms. The standard InChI is InChI=1S/C25H25N3O5/c1-2-26-12-15-6-8-21-16(10-15)11-17(33-21)14-32-22-5-3-4-18-19(22)13-28(25(18)31)20-7-9-23(29)27-24(20)30/h3-6,8,10-11,20,26H,2,7,9,12-14H2,1H3,(H,27,29,30). The van der Waals surface area contributed by atoms with Crippen LogP contribution in [0.5, 0.6) is 5.75 Å². The van der Waals surface area contributed by atoms with E-state index in [0.717, 1.165) is 29.6 Å². The van der Waals surface area contributed by atoms with E-state index in [0.29, 0.717) is 23.5 Å². The van der Waals surface area contributed by atoms with E-state index in [1.165, 1.54) is 10.5 Å². The average Bonchev–Trinajstić information content (AvgIpc) is 3.37. The fraction of sp³-hybridized carbons (Fsp3) is 0.320. The number of hydrogen-bond donors (Lipinski definition) is 2. The van der Waals surface area contributed by atoms with Crippen molar-refractivity contribution in [1.29, 1.82) is 0 Å². The molecule has 2 N–H and O–H groups in total. The lowest BCUT2D eigenvalue weighted by Gasteiger charge is -2.29. The van der Waals surface area contributed by atoms with Crippen LogP contribution in [0.15, 0.2) is 46.9 Å². The number of nitrogens with zero attached hydrogens (tertiary/aromatic N) is 1. The molecule has 8 nitrogen and oxygen atoms in total. The van der Waals surface area contributed by atoms with Crippen LogP contribution >= 0.6 is 0 Å². The van der Waals surface area contributed by atoms with Crippen molar-refractivity contribution in [3.63, 3.8) is 0 Å². The van der Waals surface area contributed by atoms with Gasteiger partial charge in [-0.1, -0.05) is 19.1 Å². The molecule has 1 saturated heterocycles. The van der Waals surface area contributed by atoms with Crippen LogP contribution in [0, 0.1) is 0 Å². The largest absolute Gasteiger partial charge is 0.485 e. The highest BCUT2D eigenvalue weighted by molar-refractivity contribution is 6.05. The molecule has 33 heavy (non-hydrogen) atoms. The van der Waals surface area contributed by atoms with Gasteiger partial charge >= 0.3 is 0 Å². The predicted molar refractivity (Wildman–Crippen MR) is 120 cm³/mol. The average molecular weight is 447 g/mol. The van der Waals surface area contributed by atoms with E-state index in [1.807, 2.05) is 24.3 Å². The molecule has 3 amide bonds. The van der Waals surface area contributed by atoms with Gasteiger partial charge in [0.2, 0.25) is 11.8 Å². The predicted octanol–water partition coefficient (Wildman–Crippen LogP) is 2.88. The molecule has 0 spiro atoms. The minimum Gasteiger partial charge on any atom is -0.485 e. The molecule has 2 aromatic carbocycles. The van der Waals surface area contributed by atoms with Gasteiger partial charge in [0.25, 0.3) is 5.91 Å². The van der Waals surface area contributed by atoms with Crippen molar-refractivity contribution < 1.29 is 23.5 Å². The minimum atomic E-state index is -0.651. The van der Waals surface area contributed by atoms with Crippen molar-refractivity contribution in [1.82, 2.24) is 15.5 Å². The Morgan fingerprint density at radius 3 is 2.88 bits per heavy atom. The van der Waals surface area contributed by atoms with E-state index >= 15 is 0 Å². The molecule has 170 valence electrons. The van der Waals surface area contributed by atoms with Gasteiger partial charge in [-0.05, 0) is 48.9 Å². The van der Waals surface area contributed by atoms with Gasteiger partial charge in [-0.3, -0.25) is 19.7 Å². The molecule has 3 aromatic rings. The maximum atomic E-state index is 13.0. The molecule has 2 aliphatic rings. The van der Waals surface area contributed by atoms with E-state index in [4.69, 9.17) is 9.15 Å². The number of carbonyl (C=O) groups excluding carboxylic acids is 3. The van der Waals surface area contributed by atoms with Crippen molar-refractivity contribution in [3.8, 4) is 5.75 Å². The van der Waals surface area contributed by atoms with E-state index in [-0.39, 0.29) is 31.4 Å². The Balaban J connectivity index is 1.31. The normalized spacial score (nSPS) is 18.0. The first-order valence-electron chi connectivity index (χ1n) is 11.1. The van der Waals surface area contributed by atoms with Crippen LogP contribution in [0.3, 0.4) is 0 Å². The third-order valence-electron chi connectivity index (χ3n) is 6.12. The van der Waals surface area contributed by atoms with Gasteiger partial charge in [-0.25, -0.2) is 0 Å². The fourth-order valence-electron chi connectivity index (χ4n) is 4.44. The zero-order valence-corrected chi connectivity index (χ0v) is 18.3. The number of rotatable bonds is 7. The fourth-order valence-corrected chi connectivity index (χ4v) is 4.44. The summed E-state index contributed by atoms with van der Waals surface area (Å²) in [7, 11) is 0. The van der Waals surface area contributed by atoms with Gasteiger partial charge in [0.05, 0.1) is 6.54 Å². The molecule has 2 aliphatic heterocycles. The third kappa shape index (κ3) is 4.09. The summed E-state index contributed by atoms with van der Waals surface area (Å²) in [4.78, 5) is 38.2. The Morgan fingerprint density at radius 2 is 2.06 bits per heavy atom. The molecule has 1 atom stereocenters. The number of piperidine rings is 1. The number of amides is 3. The SMILES string of the molecule is CCNCc1ccc2oc(COc3cccc4c3CN(C3CCC(=O)NC3=O)C4=O)cc2c1. The first kappa shape index (κ1) is 21.2. The van der Waals surface area contributed by atoms with Gasteiger partial charge in [0.1, 0.15) is 29.7 Å². The highest BCUT2D eigenvalue weighted by atomic mass is 16.5. The first-order valence-corrected chi connectivity index (χ1v) is 11.1. The number of benzene rings is 2. The Labute approximate surface area is 190 Å². The van der Waals surface area contributed by atoms with Crippen molar-refractivity contribution in [3.05, 3.63) is 64.9 Å². The van der Waals surface area contributed by atoms with Crippen LogP contribution in [0.2, 0.25) is 0 Å². The van der Waals surface area contributed by atoms with E-state index < -0.39 is 11.9 Å². The molecule has 1 unspecified atom stereocenters. The lowest BCUT2D eigenvalue weighted by molar-refractivity contribution is -0.136. The second-order valence-electron chi connectivity index (χ2n) is 8.34. The van der Waals surface area contributed by atoms with Crippen LogP contribution in [0.25, 0.3) is 11.0 Å². The zero-order valence-electron chi connectivity index (χ0n) is 18.3. The maximum absolute atomic E-state index is 13.0. The van der Waals surface area contributed by atoms with Crippen molar-refractivity contribution in [2.45, 2.75) is 45.5 Å². The van der Waals surface area contributed by atoms with Crippen LogP contribution in [0.4, 0.5) is 0 Å². The Hall–Kier alpha value is -3.65. The highest BCUT2D eigenvalue weighted by Gasteiger charge is 2.40. The Kier molecular flexibility index (Phi) is 5.60. The van der Waals surface area contributed by atoms with Gasteiger partial charge in [0, 0.05) is 29.5 Å². The molecule has 3 heterocycles. The summed E-state index contributed by atoms with van der Waals surface area (Å²) >= 11 is 0. The number of ether oxygens (including phenoxy) is 1. The molecule has 0 bridgehead atoms. The molecular weight excluding hydrogens is 422 g/mol. The zero-order chi connectivity index (χ0) is 22.9. The lowest BCUT2D eigenvalue weighted by atomic mass is 10.0. The Morgan fingerprint density at radius 1 is 1.18 bits per heavy atom. The number of fused-ring (bicyclic) bond motifs is 2. The smallest absolute Gasteiger partial charge is 0.255 e. The molecular formula is C25H25N3O5. The molecule has 0 aliphatic carbocycles. The molecule has 1 fully saturated rings. The second kappa shape index (κ2) is 8.71. The molecule has 0 saturated carbocycles. The number of carbonyl (C=O) groups is 3. The summed E-state index contributed by atoms with van der Waals surface area (Å²) < 4.78 is 12.0.